The van der Waals surface area contributed by atoms with Crippen molar-refractivity contribution in [2.45, 2.75) is 65.7 Å². The molecule has 2 aliphatic rings. The zero-order chi connectivity index (χ0) is 14.2. The van der Waals surface area contributed by atoms with Gasteiger partial charge in [-0.15, -0.1) is 0 Å². The number of fused-ring (bicyclic) bond motifs is 2. The molecule has 0 amide bonds. The Bertz CT molecular complexity index is 523. The average molecular weight is 446 g/mol. The number of hydrogen-bond donors (Lipinski definition) is 0. The largest absolute Gasteiger partial charge is 0.0721 e. The van der Waals surface area contributed by atoms with Crippen LogP contribution in [0.5, 0.6) is 0 Å². The van der Waals surface area contributed by atoms with E-state index in [1.54, 1.807) is 17.0 Å². The molecule has 0 aromatic heterocycles. The van der Waals surface area contributed by atoms with Crippen LogP contribution in [-0.4, -0.2) is 0 Å². The third kappa shape index (κ3) is 3.14. The van der Waals surface area contributed by atoms with Crippen LogP contribution in [0.3, 0.4) is 0 Å². The number of allylic oxidation sites excluding steroid dienone is 1. The summed E-state index contributed by atoms with van der Waals surface area (Å²) in [7, 11) is 0. The normalized spacial score (nSPS) is 18.4. The minimum atomic E-state index is 0. The quantitative estimate of drug-likeness (QED) is 0.508. The van der Waals surface area contributed by atoms with Crippen molar-refractivity contribution in [1.82, 2.24) is 0 Å². The molecule has 1 heteroatoms. The summed E-state index contributed by atoms with van der Waals surface area (Å²) in [6.07, 6.45) is 13.7. The molecule has 0 saturated heterocycles. The van der Waals surface area contributed by atoms with Crippen LogP contribution in [0.2, 0.25) is 0 Å². The third-order valence-electron chi connectivity index (χ3n) is 5.61. The zero-order valence-corrected chi connectivity index (χ0v) is 17.4. The molecule has 1 aromatic rings. The van der Waals surface area contributed by atoms with Gasteiger partial charge in [0.25, 0.3) is 0 Å². The van der Waals surface area contributed by atoms with Gasteiger partial charge < -0.3 is 0 Å². The Labute approximate surface area is 149 Å². The van der Waals surface area contributed by atoms with Crippen LogP contribution in [-0.2, 0) is 38.7 Å². The van der Waals surface area contributed by atoms with E-state index in [0.717, 1.165) is 0 Å². The molecule has 0 fully saturated rings. The van der Waals surface area contributed by atoms with Gasteiger partial charge in [0.2, 0.25) is 0 Å². The molecule has 0 nitrogen and oxygen atoms in total. The van der Waals surface area contributed by atoms with Crippen LogP contribution in [0.15, 0.2) is 18.2 Å². The zero-order valence-electron chi connectivity index (χ0n) is 13.8. The van der Waals surface area contributed by atoms with Gasteiger partial charge in [0, 0.05) is 31.8 Å². The topological polar surface area (TPSA) is 0 Å². The fraction of sp³-hybridized carbons (Fsp3) is 0.550. The maximum atomic E-state index is 2.52. The van der Waals surface area contributed by atoms with Crippen LogP contribution < -0.4 is 0 Å². The van der Waals surface area contributed by atoms with E-state index in [1.165, 1.54) is 56.1 Å². The van der Waals surface area contributed by atoms with Crippen LogP contribution in [0.4, 0.5) is 0 Å². The molecular formula is C20H27Hf. The Morgan fingerprint density at radius 2 is 1.62 bits per heavy atom. The second-order valence-electron chi connectivity index (χ2n) is 6.73. The first kappa shape index (κ1) is 17.2. The Balaban J connectivity index is 0.00000161. The maximum Gasteiger partial charge on any atom is 0.0273 e. The molecule has 3 rings (SSSR count). The summed E-state index contributed by atoms with van der Waals surface area (Å²) < 4.78 is 0. The van der Waals surface area contributed by atoms with Crippen LogP contribution >= 0.6 is 0 Å². The van der Waals surface area contributed by atoms with E-state index in [4.69, 9.17) is 0 Å². The average Bonchev–Trinajstić information content (AvgIpc) is 3.03. The molecule has 0 heterocycles. The molecule has 0 bridgehead atoms. The number of benzene rings is 1. The molecule has 21 heavy (non-hydrogen) atoms. The Hall–Kier alpha value is -0.170. The molecule has 0 spiro atoms. The fourth-order valence-corrected chi connectivity index (χ4v) is 3.94. The second kappa shape index (κ2) is 6.94. The summed E-state index contributed by atoms with van der Waals surface area (Å²) in [6, 6.07) is 5.00. The molecule has 111 valence electrons. The first-order valence-corrected chi connectivity index (χ1v) is 8.41. The van der Waals surface area contributed by atoms with E-state index < -0.39 is 0 Å². The van der Waals surface area contributed by atoms with E-state index in [1.807, 2.05) is 0 Å². The Morgan fingerprint density at radius 1 is 0.952 bits per heavy atom. The molecule has 0 saturated carbocycles. The summed E-state index contributed by atoms with van der Waals surface area (Å²) in [5.41, 5.74) is 6.79. The van der Waals surface area contributed by atoms with Gasteiger partial charge in [-0.25, -0.2) is 0 Å². The van der Waals surface area contributed by atoms with Crippen molar-refractivity contribution in [3.05, 3.63) is 46.4 Å². The van der Waals surface area contributed by atoms with Gasteiger partial charge in [-0.05, 0) is 59.8 Å². The predicted octanol–water partition coefficient (Wildman–Crippen LogP) is 5.73. The minimum absolute atomic E-state index is 0. The Morgan fingerprint density at radius 3 is 2.24 bits per heavy atom. The molecule has 0 atom stereocenters. The van der Waals surface area contributed by atoms with Crippen molar-refractivity contribution >= 4 is 6.08 Å². The van der Waals surface area contributed by atoms with Crippen LogP contribution in [0.25, 0.3) is 6.08 Å². The van der Waals surface area contributed by atoms with Gasteiger partial charge in [0.05, 0.1) is 0 Å². The van der Waals surface area contributed by atoms with Crippen molar-refractivity contribution < 1.29 is 25.8 Å². The molecule has 0 unspecified atom stereocenters. The van der Waals surface area contributed by atoms with E-state index >= 15 is 0 Å². The smallest absolute Gasteiger partial charge is 0.0273 e. The third-order valence-corrected chi connectivity index (χ3v) is 5.61. The second-order valence-corrected chi connectivity index (χ2v) is 6.73. The van der Waals surface area contributed by atoms with Crippen molar-refractivity contribution in [3.63, 3.8) is 0 Å². The molecule has 1 radical (unpaired) electrons. The van der Waals surface area contributed by atoms with Crippen molar-refractivity contribution in [2.24, 2.45) is 5.41 Å². The summed E-state index contributed by atoms with van der Waals surface area (Å²) >= 11 is 0. The number of rotatable bonds is 5. The van der Waals surface area contributed by atoms with E-state index in [9.17, 15) is 0 Å². The van der Waals surface area contributed by atoms with Crippen LogP contribution in [0.1, 0.15) is 75.1 Å². The standard InChI is InChI=1S/C20H27.Hf/c1-4-7-8-15-9-10-16-11-17-13-20(5-2,6-3)14-18(17)12-19(15)16;/h9-12H,4-8,13-14H2,1-3H3;. The SMILES string of the molecule is CCCC[C]1C=Cc2cc3c(cc21)CC(CC)(CC)C3.[Hf]. The summed E-state index contributed by atoms with van der Waals surface area (Å²) in [6.45, 7) is 7.00. The number of hydrogen-bond acceptors (Lipinski definition) is 0. The molecular weight excluding hydrogens is 419 g/mol. The van der Waals surface area contributed by atoms with Crippen LogP contribution in [0, 0.1) is 11.3 Å². The first-order chi connectivity index (χ1) is 9.71. The number of unbranched alkanes of at least 4 members (excludes halogenated alkanes) is 1. The summed E-state index contributed by atoms with van der Waals surface area (Å²) in [5, 5.41) is 0. The van der Waals surface area contributed by atoms with Gasteiger partial charge in [0.15, 0.2) is 0 Å². The molecule has 0 aliphatic heterocycles. The molecule has 2 aliphatic carbocycles. The molecule has 0 N–H and O–H groups in total. The first-order valence-electron chi connectivity index (χ1n) is 8.41. The van der Waals surface area contributed by atoms with Crippen molar-refractivity contribution in [2.75, 3.05) is 0 Å². The minimum Gasteiger partial charge on any atom is -0.0721 e. The van der Waals surface area contributed by atoms with Gasteiger partial charge >= 0.3 is 0 Å². The monoisotopic (exact) mass is 447 g/mol. The fourth-order valence-electron chi connectivity index (χ4n) is 3.94. The summed E-state index contributed by atoms with van der Waals surface area (Å²) in [4.78, 5) is 0. The Kier molecular flexibility index (Phi) is 5.68. The summed E-state index contributed by atoms with van der Waals surface area (Å²) in [5.74, 6) is 1.56. The van der Waals surface area contributed by atoms with Crippen molar-refractivity contribution in [1.29, 1.82) is 0 Å². The van der Waals surface area contributed by atoms with Crippen molar-refractivity contribution in [3.8, 4) is 0 Å². The van der Waals surface area contributed by atoms with Gasteiger partial charge in [0.1, 0.15) is 0 Å². The van der Waals surface area contributed by atoms with Gasteiger partial charge in [-0.3, -0.25) is 0 Å². The molecule has 1 aromatic carbocycles. The predicted molar refractivity (Wildman–Crippen MR) is 87.8 cm³/mol. The van der Waals surface area contributed by atoms with E-state index in [0.29, 0.717) is 5.41 Å². The maximum absolute atomic E-state index is 2.52. The van der Waals surface area contributed by atoms with E-state index in [2.05, 4.69) is 45.1 Å². The van der Waals surface area contributed by atoms with Gasteiger partial charge in [-0.2, -0.15) is 0 Å². The van der Waals surface area contributed by atoms with Gasteiger partial charge in [-0.1, -0.05) is 57.9 Å². The van der Waals surface area contributed by atoms with E-state index in [-0.39, 0.29) is 25.8 Å².